The number of rotatable bonds is 10. The first-order valence-electron chi connectivity index (χ1n) is 14.3. The maximum Gasteiger partial charge on any atom is 0.246 e. The van der Waals surface area contributed by atoms with Gasteiger partial charge in [0.15, 0.2) is 0 Å². The van der Waals surface area contributed by atoms with Gasteiger partial charge in [0.05, 0.1) is 11.4 Å². The molecule has 0 saturated carbocycles. The minimum atomic E-state index is -0.717. The van der Waals surface area contributed by atoms with Gasteiger partial charge in [-0.1, -0.05) is 59.2 Å². The molecule has 2 aromatic rings. The number of piperazine rings is 1. The van der Waals surface area contributed by atoms with Crippen LogP contribution in [0.3, 0.4) is 0 Å². The Morgan fingerprint density at radius 1 is 1.05 bits per heavy atom. The van der Waals surface area contributed by atoms with Crippen molar-refractivity contribution >= 4 is 11.8 Å². The summed E-state index contributed by atoms with van der Waals surface area (Å²) in [5, 5.41) is 8.12. The topological polar surface area (TPSA) is 70.5 Å². The molecular formula is C30H45N5O2. The van der Waals surface area contributed by atoms with Gasteiger partial charge in [-0.2, -0.15) is 5.10 Å². The molecular weight excluding hydrogens is 462 g/mol. The molecule has 7 nitrogen and oxygen atoms in total. The van der Waals surface area contributed by atoms with Crippen molar-refractivity contribution in [3.63, 3.8) is 0 Å². The van der Waals surface area contributed by atoms with Gasteiger partial charge in [0.25, 0.3) is 0 Å². The smallest absolute Gasteiger partial charge is 0.246 e. The number of benzene rings is 1. The molecule has 4 rings (SSSR count). The van der Waals surface area contributed by atoms with Crippen LogP contribution in [0.5, 0.6) is 0 Å². The molecule has 1 aromatic heterocycles. The van der Waals surface area contributed by atoms with Gasteiger partial charge in [0.2, 0.25) is 11.8 Å². The van der Waals surface area contributed by atoms with Crippen LogP contribution in [0.2, 0.25) is 0 Å². The Kier molecular flexibility index (Phi) is 8.73. The van der Waals surface area contributed by atoms with Crippen LogP contribution >= 0.6 is 0 Å². The molecule has 2 saturated heterocycles. The Bertz CT molecular complexity index is 1070. The molecule has 2 fully saturated rings. The zero-order chi connectivity index (χ0) is 26.6. The Balaban J connectivity index is 1.54. The highest BCUT2D eigenvalue weighted by Gasteiger charge is 2.53. The molecule has 1 aromatic carbocycles. The highest BCUT2D eigenvalue weighted by molar-refractivity contribution is 6.00. The zero-order valence-corrected chi connectivity index (χ0v) is 23.4. The Morgan fingerprint density at radius 3 is 2.35 bits per heavy atom. The predicted octanol–water partition coefficient (Wildman–Crippen LogP) is 4.50. The maximum atomic E-state index is 13.6. The van der Waals surface area contributed by atoms with Crippen molar-refractivity contribution in [2.24, 2.45) is 5.92 Å². The summed E-state index contributed by atoms with van der Waals surface area (Å²) in [6.07, 6.45) is 5.79. The van der Waals surface area contributed by atoms with Gasteiger partial charge in [-0.3, -0.25) is 14.5 Å². The molecule has 1 atom stereocenters. The third-order valence-corrected chi connectivity index (χ3v) is 8.16. The van der Waals surface area contributed by atoms with E-state index in [4.69, 9.17) is 5.10 Å². The number of hydrogen-bond donors (Lipinski definition) is 1. The number of hydrogen-bond acceptors (Lipinski definition) is 4. The predicted molar refractivity (Wildman–Crippen MR) is 148 cm³/mol. The average molecular weight is 508 g/mol. The first-order valence-corrected chi connectivity index (χ1v) is 14.3. The fraction of sp³-hybridized carbons (Fsp3) is 0.633. The number of piperidine rings is 1. The van der Waals surface area contributed by atoms with E-state index < -0.39 is 11.6 Å². The van der Waals surface area contributed by atoms with Crippen LogP contribution < -0.4 is 5.32 Å². The molecule has 37 heavy (non-hydrogen) atoms. The second-order valence-corrected chi connectivity index (χ2v) is 11.1. The summed E-state index contributed by atoms with van der Waals surface area (Å²) in [5.74, 6) is 0.519. The Hall–Kier alpha value is -2.67. The molecule has 1 N–H and O–H groups in total. The number of carbonyl (C=O) groups is 2. The van der Waals surface area contributed by atoms with Crippen LogP contribution in [0, 0.1) is 5.92 Å². The van der Waals surface area contributed by atoms with E-state index in [-0.39, 0.29) is 11.8 Å². The van der Waals surface area contributed by atoms with Gasteiger partial charge in [-0.15, -0.1) is 0 Å². The minimum absolute atomic E-state index is 0.0499. The van der Waals surface area contributed by atoms with Crippen LogP contribution in [0.25, 0.3) is 5.69 Å². The van der Waals surface area contributed by atoms with Crippen molar-refractivity contribution in [3.05, 3.63) is 47.3 Å². The number of amides is 2. The Morgan fingerprint density at radius 2 is 1.76 bits per heavy atom. The Labute approximate surface area is 222 Å². The lowest BCUT2D eigenvalue weighted by Crippen LogP contribution is -2.73. The van der Waals surface area contributed by atoms with Crippen molar-refractivity contribution in [2.45, 2.75) is 97.7 Å². The number of nitrogens with one attached hydrogen (secondary N) is 1. The summed E-state index contributed by atoms with van der Waals surface area (Å²) in [5.41, 5.74) is 4.10. The molecule has 0 radical (unpaired) electrons. The monoisotopic (exact) mass is 507 g/mol. The molecule has 1 unspecified atom stereocenters. The number of carbonyl (C=O) groups excluding carboxylic acids is 2. The molecule has 2 amide bonds. The third-order valence-electron chi connectivity index (χ3n) is 8.16. The van der Waals surface area contributed by atoms with E-state index in [1.165, 1.54) is 11.3 Å². The summed E-state index contributed by atoms with van der Waals surface area (Å²) in [6.45, 7) is 13.8. The maximum absolute atomic E-state index is 13.6. The van der Waals surface area contributed by atoms with Gasteiger partial charge in [0.1, 0.15) is 11.6 Å². The van der Waals surface area contributed by atoms with E-state index >= 15 is 0 Å². The van der Waals surface area contributed by atoms with Crippen LogP contribution in [0.4, 0.5) is 0 Å². The second-order valence-electron chi connectivity index (χ2n) is 11.1. The fourth-order valence-corrected chi connectivity index (χ4v) is 6.10. The number of para-hydroxylation sites is 1. The summed E-state index contributed by atoms with van der Waals surface area (Å²) in [6, 6.07) is 9.96. The van der Waals surface area contributed by atoms with E-state index in [9.17, 15) is 9.59 Å². The summed E-state index contributed by atoms with van der Waals surface area (Å²) in [7, 11) is 0. The van der Waals surface area contributed by atoms with Crippen molar-refractivity contribution in [1.82, 2.24) is 24.9 Å². The molecule has 3 heterocycles. The average Bonchev–Trinajstić information content (AvgIpc) is 3.26. The lowest BCUT2D eigenvalue weighted by Gasteiger charge is -2.52. The first kappa shape index (κ1) is 27.4. The van der Waals surface area contributed by atoms with E-state index in [1.54, 1.807) is 0 Å². The van der Waals surface area contributed by atoms with Gasteiger partial charge in [0, 0.05) is 37.4 Å². The van der Waals surface area contributed by atoms with Gasteiger partial charge in [-0.05, 0) is 56.6 Å². The normalized spacial score (nSPS) is 20.2. The fourth-order valence-electron chi connectivity index (χ4n) is 6.10. The number of likely N-dealkylation sites (tertiary alicyclic amines) is 1. The van der Waals surface area contributed by atoms with Gasteiger partial charge >= 0.3 is 0 Å². The summed E-state index contributed by atoms with van der Waals surface area (Å²) in [4.78, 5) is 31.5. The van der Waals surface area contributed by atoms with Crippen molar-refractivity contribution in [2.75, 3.05) is 19.6 Å². The van der Waals surface area contributed by atoms with Crippen LogP contribution in [-0.4, -0.2) is 62.6 Å². The van der Waals surface area contributed by atoms with E-state index in [2.05, 4.69) is 73.8 Å². The third kappa shape index (κ3) is 5.47. The SMILES string of the molecule is CCCCN1C(=O)C(CC(C)C)NC(=O)C12CCN(Cc1c(CC)nn(-c3ccccc3)c1CC)CC2. The number of aromatic nitrogens is 2. The number of aryl methyl sites for hydroxylation is 1. The van der Waals surface area contributed by atoms with Crippen molar-refractivity contribution in [3.8, 4) is 5.69 Å². The largest absolute Gasteiger partial charge is 0.342 e. The van der Waals surface area contributed by atoms with Crippen molar-refractivity contribution in [1.29, 1.82) is 0 Å². The lowest BCUT2D eigenvalue weighted by molar-refractivity contribution is -0.161. The highest BCUT2D eigenvalue weighted by Crippen LogP contribution is 2.35. The molecule has 202 valence electrons. The van der Waals surface area contributed by atoms with Gasteiger partial charge < -0.3 is 10.2 Å². The molecule has 2 aliphatic heterocycles. The molecule has 0 aliphatic carbocycles. The second kappa shape index (κ2) is 11.8. The number of unbranched alkanes of at least 4 members (excludes halogenated alkanes) is 1. The molecule has 7 heteroatoms. The van der Waals surface area contributed by atoms with Crippen LogP contribution in [0.1, 0.15) is 83.7 Å². The first-order chi connectivity index (χ1) is 17.8. The van der Waals surface area contributed by atoms with Crippen LogP contribution in [0.15, 0.2) is 30.3 Å². The standard InChI is InChI=1S/C30H45N5O2/c1-6-9-17-34-28(36)26(20-22(4)5)31-29(37)30(34)15-18-33(19-16-30)21-24-25(7-2)32-35(27(24)8-3)23-13-11-10-12-14-23/h10-14,22,26H,6-9,15-21H2,1-5H3,(H,31,37). The van der Waals surface area contributed by atoms with E-state index in [0.717, 1.165) is 56.7 Å². The highest BCUT2D eigenvalue weighted by atomic mass is 16.2. The zero-order valence-electron chi connectivity index (χ0n) is 23.4. The summed E-state index contributed by atoms with van der Waals surface area (Å²) < 4.78 is 2.11. The van der Waals surface area contributed by atoms with Gasteiger partial charge in [-0.25, -0.2) is 4.68 Å². The van der Waals surface area contributed by atoms with E-state index in [0.29, 0.717) is 31.7 Å². The molecule has 0 bridgehead atoms. The van der Waals surface area contributed by atoms with Crippen LogP contribution in [-0.2, 0) is 29.0 Å². The number of nitrogens with zero attached hydrogens (tertiary/aromatic N) is 4. The van der Waals surface area contributed by atoms with Crippen molar-refractivity contribution < 1.29 is 9.59 Å². The van der Waals surface area contributed by atoms with E-state index in [1.807, 2.05) is 11.0 Å². The summed E-state index contributed by atoms with van der Waals surface area (Å²) >= 11 is 0. The molecule has 2 aliphatic rings. The minimum Gasteiger partial charge on any atom is -0.342 e. The quantitative estimate of drug-likeness (QED) is 0.514. The molecule has 1 spiro atoms. The lowest BCUT2D eigenvalue weighted by atomic mass is 9.80.